The SMILES string of the molecule is Cc1cccc(B2NC(C)c3ccccc3O2)c1. The van der Waals surface area contributed by atoms with Gasteiger partial charge in [-0.2, -0.15) is 0 Å². The van der Waals surface area contributed by atoms with E-state index >= 15 is 0 Å². The Kier molecular flexibility index (Phi) is 2.84. The van der Waals surface area contributed by atoms with Crippen LogP contribution in [0.25, 0.3) is 0 Å². The lowest BCUT2D eigenvalue weighted by Gasteiger charge is -2.29. The van der Waals surface area contributed by atoms with Gasteiger partial charge in [-0.05, 0) is 25.4 Å². The number of nitrogens with one attached hydrogen (secondary N) is 1. The molecule has 0 radical (unpaired) electrons. The van der Waals surface area contributed by atoms with E-state index in [1.807, 2.05) is 18.2 Å². The lowest BCUT2D eigenvalue weighted by atomic mass is 9.70. The number of hydrogen-bond donors (Lipinski definition) is 1. The van der Waals surface area contributed by atoms with E-state index in [2.05, 4.69) is 49.4 Å². The van der Waals surface area contributed by atoms with E-state index in [-0.39, 0.29) is 7.05 Å². The van der Waals surface area contributed by atoms with Crippen LogP contribution in [-0.4, -0.2) is 7.05 Å². The number of para-hydroxylation sites is 1. The molecule has 0 amide bonds. The first kappa shape index (κ1) is 11.4. The second-order valence-electron chi connectivity index (χ2n) is 4.84. The maximum absolute atomic E-state index is 6.03. The zero-order chi connectivity index (χ0) is 12.5. The van der Waals surface area contributed by atoms with Gasteiger partial charge in [-0.1, -0.05) is 48.0 Å². The fraction of sp³-hybridized carbons (Fsp3) is 0.200. The Balaban J connectivity index is 1.94. The Hall–Kier alpha value is -1.74. The number of benzene rings is 2. The summed E-state index contributed by atoms with van der Waals surface area (Å²) in [6.07, 6.45) is 0. The van der Waals surface area contributed by atoms with Gasteiger partial charge in [0.1, 0.15) is 5.75 Å². The summed E-state index contributed by atoms with van der Waals surface area (Å²) in [4.78, 5) is 0. The predicted octanol–water partition coefficient (Wildman–Crippen LogP) is 2.43. The molecule has 0 saturated carbocycles. The molecule has 2 aromatic carbocycles. The van der Waals surface area contributed by atoms with Gasteiger partial charge >= 0.3 is 7.05 Å². The molecule has 1 aliphatic heterocycles. The van der Waals surface area contributed by atoms with E-state index in [0.29, 0.717) is 6.04 Å². The Bertz CT molecular complexity index is 570. The van der Waals surface area contributed by atoms with Gasteiger partial charge in [-0.3, -0.25) is 0 Å². The summed E-state index contributed by atoms with van der Waals surface area (Å²) in [5.74, 6) is 0.982. The van der Waals surface area contributed by atoms with Crippen molar-refractivity contribution in [3.05, 3.63) is 59.7 Å². The van der Waals surface area contributed by atoms with Crippen LogP contribution in [0, 0.1) is 6.92 Å². The summed E-state index contributed by atoms with van der Waals surface area (Å²) in [5.41, 5.74) is 3.65. The zero-order valence-corrected chi connectivity index (χ0v) is 10.7. The maximum atomic E-state index is 6.03. The number of hydrogen-bond acceptors (Lipinski definition) is 2. The minimum atomic E-state index is -0.0604. The fourth-order valence-corrected chi connectivity index (χ4v) is 2.42. The standard InChI is InChI=1S/C15H16BNO/c1-11-6-5-7-13(10-11)16-17-12(2)14-8-3-4-9-15(14)18-16/h3-10,12,17H,1-2H3. The van der Waals surface area contributed by atoms with Gasteiger partial charge in [-0.15, -0.1) is 0 Å². The average Bonchev–Trinajstić information content (AvgIpc) is 2.39. The molecular formula is C15H16BNO. The van der Waals surface area contributed by atoms with Crippen LogP contribution in [0.4, 0.5) is 0 Å². The number of aryl methyl sites for hydroxylation is 1. The fourth-order valence-electron chi connectivity index (χ4n) is 2.42. The molecular weight excluding hydrogens is 221 g/mol. The molecule has 0 aliphatic carbocycles. The highest BCUT2D eigenvalue weighted by Crippen LogP contribution is 2.28. The van der Waals surface area contributed by atoms with Gasteiger partial charge in [0.2, 0.25) is 0 Å². The maximum Gasteiger partial charge on any atom is 0.483 e. The van der Waals surface area contributed by atoms with Gasteiger partial charge in [0.15, 0.2) is 0 Å². The second-order valence-corrected chi connectivity index (χ2v) is 4.84. The molecule has 0 spiro atoms. The van der Waals surface area contributed by atoms with Crippen molar-refractivity contribution in [2.24, 2.45) is 0 Å². The first-order valence-electron chi connectivity index (χ1n) is 6.32. The molecule has 1 N–H and O–H groups in total. The highest BCUT2D eigenvalue weighted by molar-refractivity contribution is 6.66. The third-order valence-electron chi connectivity index (χ3n) is 3.38. The van der Waals surface area contributed by atoms with E-state index in [1.165, 1.54) is 16.6 Å². The summed E-state index contributed by atoms with van der Waals surface area (Å²) >= 11 is 0. The molecule has 3 rings (SSSR count). The Morgan fingerprint density at radius 3 is 2.78 bits per heavy atom. The molecule has 1 aliphatic rings. The lowest BCUT2D eigenvalue weighted by molar-refractivity contribution is 0.492. The summed E-state index contributed by atoms with van der Waals surface area (Å²) in [5, 5.41) is 3.49. The van der Waals surface area contributed by atoms with E-state index in [0.717, 1.165) is 5.75 Å². The van der Waals surface area contributed by atoms with Crippen molar-refractivity contribution in [1.29, 1.82) is 0 Å². The smallest absolute Gasteiger partial charge is 0.483 e. The van der Waals surface area contributed by atoms with Crippen molar-refractivity contribution >= 4 is 12.5 Å². The molecule has 90 valence electrons. The van der Waals surface area contributed by atoms with Gasteiger partial charge in [0.25, 0.3) is 0 Å². The van der Waals surface area contributed by atoms with Crippen molar-refractivity contribution < 1.29 is 4.65 Å². The number of rotatable bonds is 1. The minimum absolute atomic E-state index is 0.0604. The topological polar surface area (TPSA) is 21.3 Å². The summed E-state index contributed by atoms with van der Waals surface area (Å²) in [6, 6.07) is 17.0. The van der Waals surface area contributed by atoms with Crippen LogP contribution in [0.2, 0.25) is 0 Å². The Labute approximate surface area is 108 Å². The zero-order valence-electron chi connectivity index (χ0n) is 10.7. The summed E-state index contributed by atoms with van der Waals surface area (Å²) < 4.78 is 6.03. The molecule has 1 heterocycles. The second kappa shape index (κ2) is 4.50. The van der Waals surface area contributed by atoms with E-state index < -0.39 is 0 Å². The molecule has 18 heavy (non-hydrogen) atoms. The Morgan fingerprint density at radius 2 is 1.94 bits per heavy atom. The Morgan fingerprint density at radius 1 is 1.11 bits per heavy atom. The van der Waals surface area contributed by atoms with Crippen LogP contribution in [0.5, 0.6) is 5.75 Å². The van der Waals surface area contributed by atoms with Crippen LogP contribution in [0.1, 0.15) is 24.1 Å². The molecule has 2 aromatic rings. The largest absolute Gasteiger partial charge is 0.542 e. The highest BCUT2D eigenvalue weighted by Gasteiger charge is 2.30. The van der Waals surface area contributed by atoms with Crippen molar-refractivity contribution in [2.45, 2.75) is 19.9 Å². The van der Waals surface area contributed by atoms with Crippen LogP contribution >= 0.6 is 0 Å². The van der Waals surface area contributed by atoms with E-state index in [9.17, 15) is 0 Å². The quantitative estimate of drug-likeness (QED) is 0.769. The van der Waals surface area contributed by atoms with Gasteiger partial charge in [-0.25, -0.2) is 0 Å². The van der Waals surface area contributed by atoms with Gasteiger partial charge in [0, 0.05) is 11.6 Å². The monoisotopic (exact) mass is 237 g/mol. The van der Waals surface area contributed by atoms with Crippen molar-refractivity contribution in [1.82, 2.24) is 5.23 Å². The molecule has 0 fully saturated rings. The normalized spacial score (nSPS) is 18.1. The van der Waals surface area contributed by atoms with E-state index in [1.54, 1.807) is 0 Å². The number of fused-ring (bicyclic) bond motifs is 1. The predicted molar refractivity (Wildman–Crippen MR) is 75.2 cm³/mol. The molecule has 3 heteroatoms. The summed E-state index contributed by atoms with van der Waals surface area (Å²) in [7, 11) is -0.0604. The molecule has 1 unspecified atom stereocenters. The third kappa shape index (κ3) is 2.02. The van der Waals surface area contributed by atoms with E-state index in [4.69, 9.17) is 4.65 Å². The first-order valence-corrected chi connectivity index (χ1v) is 6.32. The van der Waals surface area contributed by atoms with Gasteiger partial charge < -0.3 is 9.88 Å². The van der Waals surface area contributed by atoms with Crippen LogP contribution in [-0.2, 0) is 0 Å². The molecule has 0 bridgehead atoms. The molecule has 0 aromatic heterocycles. The van der Waals surface area contributed by atoms with Crippen molar-refractivity contribution in [3.8, 4) is 5.75 Å². The van der Waals surface area contributed by atoms with Crippen LogP contribution < -0.4 is 15.3 Å². The third-order valence-corrected chi connectivity index (χ3v) is 3.38. The molecule has 2 nitrogen and oxygen atoms in total. The minimum Gasteiger partial charge on any atom is -0.542 e. The summed E-state index contributed by atoms with van der Waals surface area (Å²) in [6.45, 7) is 4.27. The van der Waals surface area contributed by atoms with Gasteiger partial charge in [0.05, 0.1) is 0 Å². The van der Waals surface area contributed by atoms with Crippen LogP contribution in [0.3, 0.4) is 0 Å². The van der Waals surface area contributed by atoms with Crippen molar-refractivity contribution in [3.63, 3.8) is 0 Å². The first-order chi connectivity index (χ1) is 8.74. The van der Waals surface area contributed by atoms with Crippen LogP contribution in [0.15, 0.2) is 48.5 Å². The highest BCUT2D eigenvalue weighted by atomic mass is 16.4. The molecule has 0 saturated heterocycles. The average molecular weight is 237 g/mol. The molecule has 1 atom stereocenters. The lowest BCUT2D eigenvalue weighted by Crippen LogP contribution is -2.53. The van der Waals surface area contributed by atoms with Crippen molar-refractivity contribution in [2.75, 3.05) is 0 Å².